The summed E-state index contributed by atoms with van der Waals surface area (Å²) < 4.78 is 7.52. The van der Waals surface area contributed by atoms with E-state index in [4.69, 9.17) is 22.7 Å². The summed E-state index contributed by atoms with van der Waals surface area (Å²) in [5.74, 6) is 0. The van der Waals surface area contributed by atoms with Crippen LogP contribution in [0.25, 0.3) is 10.9 Å². The fraction of sp³-hybridized carbons (Fsp3) is 0.308. The number of benzene rings is 1. The van der Waals surface area contributed by atoms with E-state index >= 15 is 0 Å². The van der Waals surface area contributed by atoms with E-state index in [0.717, 1.165) is 30.8 Å². The van der Waals surface area contributed by atoms with Crippen LogP contribution in [-0.2, 0) is 11.3 Å². The number of ether oxygens (including phenoxy) is 1. The van der Waals surface area contributed by atoms with Gasteiger partial charge in [0.25, 0.3) is 0 Å². The van der Waals surface area contributed by atoms with Gasteiger partial charge in [-0.25, -0.2) is 0 Å². The molecule has 0 aliphatic carbocycles. The van der Waals surface area contributed by atoms with Crippen molar-refractivity contribution in [3.63, 3.8) is 0 Å². The van der Waals surface area contributed by atoms with Crippen LogP contribution in [0.4, 0.5) is 0 Å². The number of hydrogen-bond acceptors (Lipinski definition) is 2. The summed E-state index contributed by atoms with van der Waals surface area (Å²) in [6.07, 6.45) is 2.06. The van der Waals surface area contributed by atoms with Crippen LogP contribution in [0, 0.1) is 0 Å². The molecule has 0 saturated heterocycles. The van der Waals surface area contributed by atoms with Crippen LogP contribution in [0.1, 0.15) is 12.5 Å². The maximum absolute atomic E-state index is 5.64. The van der Waals surface area contributed by atoms with Gasteiger partial charge in [-0.2, -0.15) is 0 Å². The molecule has 0 aliphatic rings. The first kappa shape index (κ1) is 12.1. The number of nitrogens with zero attached hydrogens (tertiary/aromatic N) is 1. The number of aromatic nitrogens is 1. The third kappa shape index (κ3) is 2.65. The summed E-state index contributed by atoms with van der Waals surface area (Å²) in [6.45, 7) is 4.31. The molecular formula is C13H16N2OS. The van der Waals surface area contributed by atoms with Gasteiger partial charge in [0.2, 0.25) is 0 Å². The van der Waals surface area contributed by atoms with Gasteiger partial charge in [0.05, 0.1) is 6.61 Å². The predicted molar refractivity (Wildman–Crippen MR) is 74.3 cm³/mol. The Morgan fingerprint density at radius 1 is 1.41 bits per heavy atom. The van der Waals surface area contributed by atoms with Gasteiger partial charge in [0.1, 0.15) is 4.99 Å². The van der Waals surface area contributed by atoms with Gasteiger partial charge in [-0.3, -0.25) is 0 Å². The lowest BCUT2D eigenvalue weighted by Crippen LogP contribution is -2.09. The van der Waals surface area contributed by atoms with Crippen molar-refractivity contribution in [2.75, 3.05) is 13.2 Å². The van der Waals surface area contributed by atoms with E-state index in [1.54, 1.807) is 0 Å². The molecule has 0 amide bonds. The first-order valence-electron chi connectivity index (χ1n) is 5.69. The molecule has 0 spiro atoms. The number of fused-ring (bicyclic) bond motifs is 1. The predicted octanol–water partition coefficient (Wildman–Crippen LogP) is 2.31. The largest absolute Gasteiger partial charge is 0.389 e. The van der Waals surface area contributed by atoms with Crippen molar-refractivity contribution in [2.24, 2.45) is 5.73 Å². The fourth-order valence-corrected chi connectivity index (χ4v) is 1.97. The highest BCUT2D eigenvalue weighted by molar-refractivity contribution is 7.80. The summed E-state index contributed by atoms with van der Waals surface area (Å²) in [5.41, 5.74) is 7.70. The molecule has 90 valence electrons. The summed E-state index contributed by atoms with van der Waals surface area (Å²) in [7, 11) is 0. The summed E-state index contributed by atoms with van der Waals surface area (Å²) in [5, 5.41) is 1.20. The van der Waals surface area contributed by atoms with E-state index in [0.29, 0.717) is 4.99 Å². The molecule has 1 heterocycles. The average Bonchev–Trinajstić information content (AvgIpc) is 2.72. The van der Waals surface area contributed by atoms with Crippen LogP contribution in [0.5, 0.6) is 0 Å². The van der Waals surface area contributed by atoms with E-state index in [1.807, 2.05) is 25.1 Å². The molecule has 2 N–H and O–H groups in total. The van der Waals surface area contributed by atoms with E-state index in [9.17, 15) is 0 Å². The van der Waals surface area contributed by atoms with Gasteiger partial charge >= 0.3 is 0 Å². The number of nitrogens with two attached hydrogens (primary N) is 1. The smallest absolute Gasteiger partial charge is 0.104 e. The highest BCUT2D eigenvalue weighted by atomic mass is 32.1. The second kappa shape index (κ2) is 5.29. The molecule has 2 aromatic rings. The Morgan fingerprint density at radius 2 is 2.24 bits per heavy atom. The van der Waals surface area contributed by atoms with Crippen LogP contribution in [0.2, 0.25) is 0 Å². The van der Waals surface area contributed by atoms with Crippen molar-refractivity contribution >= 4 is 28.1 Å². The molecule has 0 bridgehead atoms. The van der Waals surface area contributed by atoms with Crippen LogP contribution in [0.3, 0.4) is 0 Å². The second-order valence-electron chi connectivity index (χ2n) is 3.84. The number of rotatable bonds is 5. The Balaban J connectivity index is 2.30. The molecule has 0 unspecified atom stereocenters. The Bertz CT molecular complexity index is 533. The van der Waals surface area contributed by atoms with Crippen molar-refractivity contribution in [3.05, 3.63) is 36.0 Å². The lowest BCUT2D eigenvalue weighted by molar-refractivity contribution is 0.140. The molecule has 4 heteroatoms. The summed E-state index contributed by atoms with van der Waals surface area (Å²) in [6, 6.07) is 8.12. The monoisotopic (exact) mass is 248 g/mol. The standard InChI is InChI=1S/C13H16N2OS/c1-2-16-8-7-15-6-5-10-3-4-11(13(14)17)9-12(10)15/h3-6,9H,2,7-8H2,1H3,(H2,14,17). The highest BCUT2D eigenvalue weighted by Gasteiger charge is 2.03. The molecule has 0 aliphatic heterocycles. The minimum absolute atomic E-state index is 0.435. The Morgan fingerprint density at radius 3 is 2.94 bits per heavy atom. The molecule has 1 aromatic heterocycles. The Labute approximate surface area is 106 Å². The third-order valence-corrected chi connectivity index (χ3v) is 2.97. The molecular weight excluding hydrogens is 232 g/mol. The van der Waals surface area contributed by atoms with Crippen molar-refractivity contribution in [1.29, 1.82) is 0 Å². The zero-order valence-electron chi connectivity index (χ0n) is 9.85. The quantitative estimate of drug-likeness (QED) is 0.652. The van der Waals surface area contributed by atoms with E-state index in [-0.39, 0.29) is 0 Å². The van der Waals surface area contributed by atoms with Crippen LogP contribution < -0.4 is 5.73 Å². The van der Waals surface area contributed by atoms with Gasteiger partial charge in [0.15, 0.2) is 0 Å². The first-order valence-corrected chi connectivity index (χ1v) is 6.09. The maximum Gasteiger partial charge on any atom is 0.104 e. The first-order chi connectivity index (χ1) is 8.22. The minimum atomic E-state index is 0.435. The van der Waals surface area contributed by atoms with E-state index in [2.05, 4.69) is 16.8 Å². The van der Waals surface area contributed by atoms with Gasteiger partial charge < -0.3 is 15.0 Å². The van der Waals surface area contributed by atoms with Gasteiger partial charge in [-0.05, 0) is 24.4 Å². The molecule has 0 fully saturated rings. The van der Waals surface area contributed by atoms with Crippen molar-refractivity contribution < 1.29 is 4.74 Å². The van der Waals surface area contributed by atoms with Crippen molar-refractivity contribution in [3.8, 4) is 0 Å². The van der Waals surface area contributed by atoms with Crippen LogP contribution >= 0.6 is 12.2 Å². The van der Waals surface area contributed by atoms with Gasteiger partial charge in [-0.15, -0.1) is 0 Å². The van der Waals surface area contributed by atoms with Crippen molar-refractivity contribution in [2.45, 2.75) is 13.5 Å². The van der Waals surface area contributed by atoms with Crippen LogP contribution in [0.15, 0.2) is 30.5 Å². The summed E-state index contributed by atoms with van der Waals surface area (Å²) in [4.78, 5) is 0.435. The van der Waals surface area contributed by atoms with Gasteiger partial charge in [0, 0.05) is 30.4 Å². The summed E-state index contributed by atoms with van der Waals surface area (Å²) >= 11 is 4.99. The highest BCUT2D eigenvalue weighted by Crippen LogP contribution is 2.17. The van der Waals surface area contributed by atoms with Crippen LogP contribution in [-0.4, -0.2) is 22.8 Å². The zero-order valence-corrected chi connectivity index (χ0v) is 10.7. The second-order valence-corrected chi connectivity index (χ2v) is 4.28. The number of thiocarbonyl (C=S) groups is 1. The van der Waals surface area contributed by atoms with E-state index in [1.165, 1.54) is 5.39 Å². The normalized spacial score (nSPS) is 10.9. The molecule has 1 aromatic carbocycles. The number of hydrogen-bond donors (Lipinski definition) is 1. The maximum atomic E-state index is 5.64. The lowest BCUT2D eigenvalue weighted by atomic mass is 10.1. The lowest BCUT2D eigenvalue weighted by Gasteiger charge is -2.06. The van der Waals surface area contributed by atoms with Crippen molar-refractivity contribution in [1.82, 2.24) is 4.57 Å². The van der Waals surface area contributed by atoms with Gasteiger partial charge in [-0.1, -0.05) is 24.4 Å². The molecule has 0 radical (unpaired) electrons. The Kier molecular flexibility index (Phi) is 3.76. The average molecular weight is 248 g/mol. The Hall–Kier alpha value is -1.39. The van der Waals surface area contributed by atoms with E-state index < -0.39 is 0 Å². The molecule has 2 rings (SSSR count). The molecule has 0 atom stereocenters. The minimum Gasteiger partial charge on any atom is -0.389 e. The topological polar surface area (TPSA) is 40.2 Å². The molecule has 0 saturated carbocycles. The zero-order chi connectivity index (χ0) is 12.3. The third-order valence-electron chi connectivity index (χ3n) is 2.74. The fourth-order valence-electron chi connectivity index (χ4n) is 1.84. The SMILES string of the molecule is CCOCCn1ccc2ccc(C(N)=S)cc21. The molecule has 17 heavy (non-hydrogen) atoms. The molecule has 3 nitrogen and oxygen atoms in total.